The first kappa shape index (κ1) is 15.0. The second-order valence-corrected chi connectivity index (χ2v) is 5.44. The van der Waals surface area contributed by atoms with Crippen LogP contribution >= 0.6 is 0 Å². The summed E-state index contributed by atoms with van der Waals surface area (Å²) in [5, 5.41) is 3.28. The van der Waals surface area contributed by atoms with Gasteiger partial charge in [-0.3, -0.25) is 4.79 Å². The monoisotopic (exact) mass is 278 g/mol. The van der Waals surface area contributed by atoms with Gasteiger partial charge < -0.3 is 14.8 Å². The molecular weight excluding hydrogens is 252 g/mol. The first-order chi connectivity index (χ1) is 9.79. The summed E-state index contributed by atoms with van der Waals surface area (Å²) < 4.78 is 1.91. The number of hydrogen-bond donors (Lipinski definition) is 1. The molecule has 1 aromatic heterocycles. The minimum atomic E-state index is 0.225. The van der Waals surface area contributed by atoms with Gasteiger partial charge in [-0.25, -0.2) is 4.98 Å². The molecule has 112 valence electrons. The van der Waals surface area contributed by atoms with Gasteiger partial charge >= 0.3 is 0 Å². The molecule has 1 aliphatic rings. The van der Waals surface area contributed by atoms with Crippen LogP contribution in [0.3, 0.4) is 0 Å². The number of nitrogens with zero attached hydrogens (tertiary/aromatic N) is 3. The maximum Gasteiger partial charge on any atom is 0.242 e. The van der Waals surface area contributed by atoms with Crippen molar-refractivity contribution in [3.05, 3.63) is 18.2 Å². The molecule has 0 aliphatic carbocycles. The van der Waals surface area contributed by atoms with Crippen LogP contribution in [0.2, 0.25) is 0 Å². The van der Waals surface area contributed by atoms with Gasteiger partial charge in [0, 0.05) is 32.3 Å². The molecule has 1 N–H and O–H groups in total. The van der Waals surface area contributed by atoms with E-state index >= 15 is 0 Å². The predicted molar refractivity (Wildman–Crippen MR) is 79.5 cm³/mol. The van der Waals surface area contributed by atoms with Crippen LogP contribution in [0.5, 0.6) is 0 Å². The maximum atomic E-state index is 12.3. The zero-order valence-electron chi connectivity index (χ0n) is 12.5. The molecule has 1 saturated heterocycles. The first-order valence-electron chi connectivity index (χ1n) is 7.78. The van der Waals surface area contributed by atoms with E-state index in [0.29, 0.717) is 6.54 Å². The van der Waals surface area contributed by atoms with Gasteiger partial charge in [-0.05, 0) is 19.4 Å². The highest BCUT2D eigenvalue weighted by Crippen LogP contribution is 2.10. The highest BCUT2D eigenvalue weighted by atomic mass is 16.2. The number of aromatic nitrogens is 2. The van der Waals surface area contributed by atoms with Crippen LogP contribution in [0, 0.1) is 0 Å². The third kappa shape index (κ3) is 4.63. The largest absolute Gasteiger partial charge is 0.341 e. The summed E-state index contributed by atoms with van der Waals surface area (Å²) in [5.41, 5.74) is 1.05. The van der Waals surface area contributed by atoms with Gasteiger partial charge in [0.25, 0.3) is 0 Å². The van der Waals surface area contributed by atoms with Crippen molar-refractivity contribution in [1.29, 1.82) is 0 Å². The standard InChI is InChI=1S/C15H26N4O/c1-2-16-8-7-14-11-18(13-17-14)12-15(20)19-9-5-3-4-6-10-19/h11,13,16H,2-10,12H2,1H3. The number of nitrogens with one attached hydrogen (secondary N) is 1. The fourth-order valence-corrected chi connectivity index (χ4v) is 2.59. The van der Waals surface area contributed by atoms with Crippen LogP contribution in [0.15, 0.2) is 12.5 Å². The van der Waals surface area contributed by atoms with Crippen molar-refractivity contribution in [2.24, 2.45) is 0 Å². The van der Waals surface area contributed by atoms with Crippen molar-refractivity contribution in [2.75, 3.05) is 26.2 Å². The first-order valence-corrected chi connectivity index (χ1v) is 7.78. The number of likely N-dealkylation sites (tertiary alicyclic amines) is 1. The summed E-state index contributed by atoms with van der Waals surface area (Å²) in [7, 11) is 0. The molecule has 0 aromatic carbocycles. The summed E-state index contributed by atoms with van der Waals surface area (Å²) in [5.74, 6) is 0.225. The minimum absolute atomic E-state index is 0.225. The summed E-state index contributed by atoms with van der Waals surface area (Å²) in [6.45, 7) is 6.27. The lowest BCUT2D eigenvalue weighted by Crippen LogP contribution is -2.34. The van der Waals surface area contributed by atoms with E-state index < -0.39 is 0 Å². The maximum absolute atomic E-state index is 12.3. The Kier molecular flexibility index (Phi) is 6.05. The van der Waals surface area contributed by atoms with Crippen LogP contribution in [0.4, 0.5) is 0 Å². The highest BCUT2D eigenvalue weighted by molar-refractivity contribution is 5.76. The Morgan fingerprint density at radius 1 is 1.30 bits per heavy atom. The van der Waals surface area contributed by atoms with E-state index in [1.807, 2.05) is 15.7 Å². The number of amides is 1. The number of rotatable bonds is 6. The lowest BCUT2D eigenvalue weighted by atomic mass is 10.2. The molecule has 20 heavy (non-hydrogen) atoms. The van der Waals surface area contributed by atoms with Crippen molar-refractivity contribution < 1.29 is 4.79 Å². The quantitative estimate of drug-likeness (QED) is 0.801. The zero-order valence-corrected chi connectivity index (χ0v) is 12.5. The van der Waals surface area contributed by atoms with E-state index in [9.17, 15) is 4.79 Å². The Hall–Kier alpha value is -1.36. The number of carbonyl (C=O) groups is 1. The molecule has 0 radical (unpaired) electrons. The molecule has 1 aliphatic heterocycles. The predicted octanol–water partition coefficient (Wildman–Crippen LogP) is 1.44. The summed E-state index contributed by atoms with van der Waals surface area (Å²) in [6.07, 6.45) is 9.48. The fourth-order valence-electron chi connectivity index (χ4n) is 2.59. The second kappa shape index (κ2) is 8.04. The van der Waals surface area contributed by atoms with Crippen molar-refractivity contribution in [1.82, 2.24) is 19.8 Å². The third-order valence-electron chi connectivity index (χ3n) is 3.77. The Morgan fingerprint density at radius 2 is 2.05 bits per heavy atom. The number of carbonyl (C=O) groups excluding carboxylic acids is 1. The Morgan fingerprint density at radius 3 is 2.75 bits per heavy atom. The molecule has 0 spiro atoms. The van der Waals surface area contributed by atoms with Crippen LogP contribution in [-0.2, 0) is 17.8 Å². The number of likely N-dealkylation sites (N-methyl/N-ethyl adjacent to an activating group) is 1. The Labute approximate surface area is 121 Å². The molecule has 2 heterocycles. The van der Waals surface area contributed by atoms with E-state index in [1.165, 1.54) is 12.8 Å². The average molecular weight is 278 g/mol. The Balaban J connectivity index is 1.81. The zero-order chi connectivity index (χ0) is 14.2. The lowest BCUT2D eigenvalue weighted by molar-refractivity contribution is -0.131. The number of hydrogen-bond acceptors (Lipinski definition) is 3. The van der Waals surface area contributed by atoms with E-state index in [2.05, 4.69) is 17.2 Å². The van der Waals surface area contributed by atoms with Crippen molar-refractivity contribution in [3.63, 3.8) is 0 Å². The molecule has 0 saturated carbocycles. The van der Waals surface area contributed by atoms with Gasteiger partial charge in [0.2, 0.25) is 5.91 Å². The normalized spacial score (nSPS) is 16.1. The molecule has 0 unspecified atom stereocenters. The van der Waals surface area contributed by atoms with Crippen LogP contribution in [-0.4, -0.2) is 46.5 Å². The molecule has 1 fully saturated rings. The van der Waals surface area contributed by atoms with E-state index in [1.54, 1.807) is 6.33 Å². The smallest absolute Gasteiger partial charge is 0.242 e. The molecule has 0 atom stereocenters. The highest BCUT2D eigenvalue weighted by Gasteiger charge is 2.15. The lowest BCUT2D eigenvalue weighted by Gasteiger charge is -2.20. The molecule has 1 amide bonds. The van der Waals surface area contributed by atoms with Crippen molar-refractivity contribution >= 4 is 5.91 Å². The molecule has 0 bridgehead atoms. The van der Waals surface area contributed by atoms with Gasteiger partial charge in [0.05, 0.1) is 12.0 Å². The van der Waals surface area contributed by atoms with Gasteiger partial charge in [0.15, 0.2) is 0 Å². The molecule has 1 aromatic rings. The van der Waals surface area contributed by atoms with Gasteiger partial charge in [-0.1, -0.05) is 19.8 Å². The van der Waals surface area contributed by atoms with Crippen LogP contribution < -0.4 is 5.32 Å². The van der Waals surface area contributed by atoms with Gasteiger partial charge in [0.1, 0.15) is 6.54 Å². The molecular formula is C15H26N4O. The topological polar surface area (TPSA) is 50.2 Å². The van der Waals surface area contributed by atoms with Crippen LogP contribution in [0.25, 0.3) is 0 Å². The van der Waals surface area contributed by atoms with E-state index in [-0.39, 0.29) is 5.91 Å². The third-order valence-corrected chi connectivity index (χ3v) is 3.77. The van der Waals surface area contributed by atoms with E-state index in [0.717, 1.165) is 51.1 Å². The second-order valence-electron chi connectivity index (χ2n) is 5.44. The SMILES string of the molecule is CCNCCc1cn(CC(=O)N2CCCCCC2)cn1. The molecule has 5 heteroatoms. The molecule has 2 rings (SSSR count). The minimum Gasteiger partial charge on any atom is -0.341 e. The summed E-state index contributed by atoms with van der Waals surface area (Å²) in [6, 6.07) is 0. The van der Waals surface area contributed by atoms with Crippen LogP contribution in [0.1, 0.15) is 38.3 Å². The van der Waals surface area contributed by atoms with Gasteiger partial charge in [-0.2, -0.15) is 0 Å². The summed E-state index contributed by atoms with van der Waals surface area (Å²) in [4.78, 5) is 18.6. The van der Waals surface area contributed by atoms with Gasteiger partial charge in [-0.15, -0.1) is 0 Å². The summed E-state index contributed by atoms with van der Waals surface area (Å²) >= 11 is 0. The Bertz CT molecular complexity index is 408. The fraction of sp³-hybridized carbons (Fsp3) is 0.733. The van der Waals surface area contributed by atoms with E-state index in [4.69, 9.17) is 0 Å². The van der Waals surface area contributed by atoms with Crippen molar-refractivity contribution in [2.45, 2.75) is 45.6 Å². The average Bonchev–Trinajstić information content (AvgIpc) is 2.72. The molecule has 5 nitrogen and oxygen atoms in total. The number of imidazole rings is 1. The van der Waals surface area contributed by atoms with Crippen molar-refractivity contribution in [3.8, 4) is 0 Å².